The normalized spacial score (nSPS) is 29.7. The van der Waals surface area contributed by atoms with E-state index in [0.29, 0.717) is 0 Å². The summed E-state index contributed by atoms with van der Waals surface area (Å²) in [7, 11) is 0. The van der Waals surface area contributed by atoms with Crippen LogP contribution in [0.1, 0.15) is 26.7 Å². The summed E-state index contributed by atoms with van der Waals surface area (Å²) in [6.45, 7) is 4.46. The fourth-order valence-electron chi connectivity index (χ4n) is 1.93. The zero-order valence-electron chi connectivity index (χ0n) is 8.38. The molecule has 0 radical (unpaired) electrons. The lowest BCUT2D eigenvalue weighted by Gasteiger charge is -1.99. The molecule has 0 saturated carbocycles. The molecule has 0 aromatic rings. The Balaban J connectivity index is 2.03. The van der Waals surface area contributed by atoms with E-state index in [0.717, 1.165) is 12.3 Å². The van der Waals surface area contributed by atoms with Crippen LogP contribution >= 0.6 is 0 Å². The highest BCUT2D eigenvalue weighted by Gasteiger charge is 2.09. The van der Waals surface area contributed by atoms with Crippen molar-refractivity contribution >= 4 is 0 Å². The van der Waals surface area contributed by atoms with Crippen LogP contribution in [0.4, 0.5) is 0 Å². The van der Waals surface area contributed by atoms with Crippen molar-refractivity contribution in [2.45, 2.75) is 26.7 Å². The Morgan fingerprint density at radius 1 is 1.38 bits per heavy atom. The summed E-state index contributed by atoms with van der Waals surface area (Å²) in [5.41, 5.74) is 4.43. The molecule has 2 aliphatic rings. The Hall–Kier alpha value is -1.04. The monoisotopic (exact) mass is 172 g/mol. The topological polar surface area (TPSA) is 0 Å². The number of allylic oxidation sites excluding steroid dienone is 8. The Morgan fingerprint density at radius 2 is 2.23 bits per heavy atom. The first-order chi connectivity index (χ1) is 6.24. The minimum absolute atomic E-state index is 0.738. The Morgan fingerprint density at radius 3 is 2.77 bits per heavy atom. The Labute approximate surface area is 80.3 Å². The Kier molecular flexibility index (Phi) is 2.22. The van der Waals surface area contributed by atoms with Gasteiger partial charge < -0.3 is 0 Å². The van der Waals surface area contributed by atoms with Gasteiger partial charge in [-0.3, -0.25) is 0 Å². The Bertz CT molecular complexity index is 324. The van der Waals surface area contributed by atoms with E-state index in [1.807, 2.05) is 0 Å². The van der Waals surface area contributed by atoms with Crippen LogP contribution in [0.5, 0.6) is 0 Å². The number of hydrogen-bond acceptors (Lipinski definition) is 0. The molecule has 0 aliphatic heterocycles. The predicted molar refractivity (Wildman–Crippen MR) is 57.5 cm³/mol. The first-order valence-electron chi connectivity index (χ1n) is 4.99. The van der Waals surface area contributed by atoms with E-state index in [9.17, 15) is 0 Å². The van der Waals surface area contributed by atoms with Crippen LogP contribution in [0.2, 0.25) is 0 Å². The molecule has 0 saturated heterocycles. The second-order valence-electron chi connectivity index (χ2n) is 4.19. The standard InChI is InChI=1S/C13H16/c1-10-3-5-12(7-10)9-13-6-4-11(2)8-13/h3-6,9-10H,7-8H2,1-2H3. The minimum Gasteiger partial charge on any atom is -0.0811 e. The first kappa shape index (κ1) is 8.55. The zero-order valence-corrected chi connectivity index (χ0v) is 8.38. The van der Waals surface area contributed by atoms with E-state index in [1.165, 1.54) is 23.1 Å². The molecule has 0 aromatic carbocycles. The lowest BCUT2D eigenvalue weighted by atomic mass is 10.1. The summed E-state index contributed by atoms with van der Waals surface area (Å²) < 4.78 is 0. The van der Waals surface area contributed by atoms with Crippen molar-refractivity contribution in [2.75, 3.05) is 0 Å². The lowest BCUT2D eigenvalue weighted by Crippen LogP contribution is -1.83. The van der Waals surface area contributed by atoms with Crippen molar-refractivity contribution < 1.29 is 0 Å². The van der Waals surface area contributed by atoms with Gasteiger partial charge in [0.25, 0.3) is 0 Å². The third-order valence-electron chi connectivity index (χ3n) is 2.63. The van der Waals surface area contributed by atoms with E-state index in [1.54, 1.807) is 0 Å². The molecule has 0 heterocycles. The van der Waals surface area contributed by atoms with E-state index in [-0.39, 0.29) is 0 Å². The van der Waals surface area contributed by atoms with Crippen LogP contribution < -0.4 is 0 Å². The molecule has 0 bridgehead atoms. The maximum atomic E-state index is 2.34. The summed E-state index contributed by atoms with van der Waals surface area (Å²) in [6, 6.07) is 0. The molecule has 1 atom stereocenters. The molecule has 2 aliphatic carbocycles. The summed E-state index contributed by atoms with van der Waals surface area (Å²) >= 11 is 0. The van der Waals surface area contributed by atoms with Gasteiger partial charge >= 0.3 is 0 Å². The van der Waals surface area contributed by atoms with Crippen LogP contribution in [-0.4, -0.2) is 0 Å². The second-order valence-corrected chi connectivity index (χ2v) is 4.19. The van der Waals surface area contributed by atoms with Crippen molar-refractivity contribution in [3.05, 3.63) is 47.1 Å². The maximum Gasteiger partial charge on any atom is -0.00667 e. The fraction of sp³-hybridized carbons (Fsp3) is 0.385. The summed E-state index contributed by atoms with van der Waals surface area (Å²) in [5, 5.41) is 0. The summed E-state index contributed by atoms with van der Waals surface area (Å²) in [5.74, 6) is 0.738. The molecule has 68 valence electrons. The maximum absolute atomic E-state index is 2.34. The van der Waals surface area contributed by atoms with Gasteiger partial charge in [-0.2, -0.15) is 0 Å². The third-order valence-corrected chi connectivity index (χ3v) is 2.63. The van der Waals surface area contributed by atoms with Crippen LogP contribution in [0.15, 0.2) is 47.1 Å². The smallest absolute Gasteiger partial charge is 0.00667 e. The van der Waals surface area contributed by atoms with Crippen LogP contribution in [0, 0.1) is 5.92 Å². The van der Waals surface area contributed by atoms with Gasteiger partial charge in [0.1, 0.15) is 0 Å². The molecule has 1 unspecified atom stereocenters. The predicted octanol–water partition coefficient (Wildman–Crippen LogP) is 3.79. The molecule has 0 aromatic heterocycles. The number of rotatable bonds is 1. The van der Waals surface area contributed by atoms with Gasteiger partial charge in [0.2, 0.25) is 0 Å². The molecular formula is C13H16. The van der Waals surface area contributed by atoms with Crippen molar-refractivity contribution in [3.63, 3.8) is 0 Å². The quantitative estimate of drug-likeness (QED) is 0.564. The van der Waals surface area contributed by atoms with Gasteiger partial charge in [-0.05, 0) is 36.8 Å². The highest BCUT2D eigenvalue weighted by atomic mass is 14.1. The van der Waals surface area contributed by atoms with Crippen LogP contribution in [0.3, 0.4) is 0 Å². The van der Waals surface area contributed by atoms with Gasteiger partial charge in [-0.25, -0.2) is 0 Å². The minimum atomic E-state index is 0.738. The van der Waals surface area contributed by atoms with Crippen molar-refractivity contribution in [3.8, 4) is 0 Å². The third kappa shape index (κ3) is 2.00. The average Bonchev–Trinajstić information content (AvgIpc) is 2.62. The molecule has 0 amide bonds. The van der Waals surface area contributed by atoms with E-state index in [4.69, 9.17) is 0 Å². The van der Waals surface area contributed by atoms with E-state index < -0.39 is 0 Å². The highest BCUT2D eigenvalue weighted by molar-refractivity contribution is 5.41. The van der Waals surface area contributed by atoms with Crippen molar-refractivity contribution in [1.29, 1.82) is 0 Å². The van der Waals surface area contributed by atoms with Crippen molar-refractivity contribution in [2.24, 2.45) is 5.92 Å². The molecule has 0 fully saturated rings. The molecular weight excluding hydrogens is 156 g/mol. The first-order valence-corrected chi connectivity index (χ1v) is 4.99. The van der Waals surface area contributed by atoms with E-state index >= 15 is 0 Å². The highest BCUT2D eigenvalue weighted by Crippen LogP contribution is 2.26. The fourth-order valence-corrected chi connectivity index (χ4v) is 1.93. The van der Waals surface area contributed by atoms with Crippen molar-refractivity contribution in [1.82, 2.24) is 0 Å². The molecule has 0 spiro atoms. The van der Waals surface area contributed by atoms with Gasteiger partial charge in [0, 0.05) is 0 Å². The molecule has 0 nitrogen and oxygen atoms in total. The van der Waals surface area contributed by atoms with Crippen LogP contribution in [-0.2, 0) is 0 Å². The second kappa shape index (κ2) is 3.37. The van der Waals surface area contributed by atoms with Gasteiger partial charge in [0.05, 0.1) is 0 Å². The zero-order chi connectivity index (χ0) is 9.26. The molecule has 2 rings (SSSR count). The largest absolute Gasteiger partial charge is 0.0811 e. The lowest BCUT2D eigenvalue weighted by molar-refractivity contribution is 0.758. The SMILES string of the molecule is CC1=CC=C(C=C2C=CC(C)C2)C1. The summed E-state index contributed by atoms with van der Waals surface area (Å²) in [6.07, 6.45) is 13.7. The van der Waals surface area contributed by atoms with Crippen LogP contribution in [0.25, 0.3) is 0 Å². The average molecular weight is 172 g/mol. The van der Waals surface area contributed by atoms with Gasteiger partial charge in [-0.15, -0.1) is 0 Å². The van der Waals surface area contributed by atoms with Gasteiger partial charge in [0.15, 0.2) is 0 Å². The molecule has 0 heteroatoms. The number of hydrogen-bond donors (Lipinski definition) is 0. The van der Waals surface area contributed by atoms with E-state index in [2.05, 4.69) is 44.2 Å². The molecule has 13 heavy (non-hydrogen) atoms. The van der Waals surface area contributed by atoms with Gasteiger partial charge in [-0.1, -0.05) is 42.9 Å². The summed E-state index contributed by atoms with van der Waals surface area (Å²) in [4.78, 5) is 0. The molecule has 0 N–H and O–H groups in total.